The van der Waals surface area contributed by atoms with Gasteiger partial charge in [0.05, 0.1) is 4.90 Å². The molecule has 2 aromatic rings. The highest BCUT2D eigenvalue weighted by Gasteiger charge is 2.21. The van der Waals surface area contributed by atoms with Crippen LogP contribution in [-0.4, -0.2) is 20.9 Å². The average Bonchev–Trinajstić information content (AvgIpc) is 2.60. The van der Waals surface area contributed by atoms with Gasteiger partial charge in [-0.3, -0.25) is 9.71 Å². The molecule has 0 aliphatic heterocycles. The summed E-state index contributed by atoms with van der Waals surface area (Å²) < 4.78 is 27.6. The molecule has 0 heterocycles. The van der Waals surface area contributed by atoms with Gasteiger partial charge in [-0.2, -0.15) is 0 Å². The van der Waals surface area contributed by atoms with Crippen molar-refractivity contribution >= 4 is 21.7 Å². The van der Waals surface area contributed by atoms with Crippen LogP contribution in [0.3, 0.4) is 0 Å². The van der Waals surface area contributed by atoms with Crippen LogP contribution in [0, 0.1) is 0 Å². The molecule has 1 aliphatic rings. The summed E-state index contributed by atoms with van der Waals surface area (Å²) >= 11 is 0. The maximum Gasteiger partial charge on any atom is 0.261 e. The van der Waals surface area contributed by atoms with Gasteiger partial charge in [-0.15, -0.1) is 0 Å². The van der Waals surface area contributed by atoms with Crippen molar-refractivity contribution < 1.29 is 8.42 Å². The summed E-state index contributed by atoms with van der Waals surface area (Å²) in [6, 6.07) is 14.0. The summed E-state index contributed by atoms with van der Waals surface area (Å²) in [5.74, 6) is 0.366. The Labute approximate surface area is 148 Å². The van der Waals surface area contributed by atoms with E-state index in [2.05, 4.69) is 9.71 Å². The Morgan fingerprint density at radius 3 is 2.64 bits per heavy atom. The molecule has 1 aliphatic carbocycles. The van der Waals surface area contributed by atoms with Crippen LogP contribution in [-0.2, 0) is 16.4 Å². The van der Waals surface area contributed by atoms with E-state index in [4.69, 9.17) is 11.5 Å². The van der Waals surface area contributed by atoms with E-state index in [9.17, 15) is 8.42 Å². The maximum atomic E-state index is 12.5. The molecule has 7 heteroatoms. The summed E-state index contributed by atoms with van der Waals surface area (Å²) in [6.45, 7) is 0.560. The lowest BCUT2D eigenvalue weighted by Crippen LogP contribution is -2.24. The van der Waals surface area contributed by atoms with E-state index in [0.717, 1.165) is 24.8 Å². The minimum absolute atomic E-state index is 0.0966. The van der Waals surface area contributed by atoms with Gasteiger partial charge in [0.25, 0.3) is 10.0 Å². The van der Waals surface area contributed by atoms with E-state index in [1.807, 2.05) is 12.1 Å². The molecule has 5 N–H and O–H groups in total. The van der Waals surface area contributed by atoms with Crippen LogP contribution in [0.15, 0.2) is 58.4 Å². The summed E-state index contributed by atoms with van der Waals surface area (Å²) in [5, 5.41) is 0. The molecule has 0 bridgehead atoms. The summed E-state index contributed by atoms with van der Waals surface area (Å²) in [6.07, 6.45) is 2.99. The second kappa shape index (κ2) is 7.14. The molecule has 132 valence electrons. The van der Waals surface area contributed by atoms with Crippen molar-refractivity contribution in [2.24, 2.45) is 16.5 Å². The van der Waals surface area contributed by atoms with Gasteiger partial charge in [-0.25, -0.2) is 8.42 Å². The van der Waals surface area contributed by atoms with Crippen LogP contribution < -0.4 is 16.2 Å². The molecule has 0 aromatic heterocycles. The van der Waals surface area contributed by atoms with E-state index in [0.29, 0.717) is 12.2 Å². The van der Waals surface area contributed by atoms with Gasteiger partial charge in [-0.05, 0) is 54.7 Å². The number of rotatable bonds is 5. The SMILES string of the molecule is NC(N)=NCC1CCCc2cc(NS(=O)(=O)c3ccccc3)ccc21. The zero-order chi connectivity index (χ0) is 17.9. The van der Waals surface area contributed by atoms with E-state index < -0.39 is 10.0 Å². The molecular formula is C18H22N4O2S. The van der Waals surface area contributed by atoms with Crippen LogP contribution in [0.2, 0.25) is 0 Å². The number of benzene rings is 2. The van der Waals surface area contributed by atoms with Gasteiger partial charge in [0.15, 0.2) is 5.96 Å². The topological polar surface area (TPSA) is 111 Å². The Hall–Kier alpha value is -2.54. The Morgan fingerprint density at radius 1 is 1.16 bits per heavy atom. The average molecular weight is 358 g/mol. The standard InChI is InChI=1S/C18H22N4O2S/c19-18(20)21-12-14-6-4-5-13-11-15(9-10-17(13)14)22-25(23,24)16-7-2-1-3-8-16/h1-3,7-11,14,22H,4-6,12H2,(H4,19,20,21). The number of nitrogens with one attached hydrogen (secondary N) is 1. The van der Waals surface area contributed by atoms with Gasteiger partial charge in [0.1, 0.15) is 0 Å². The summed E-state index contributed by atoms with van der Waals surface area (Å²) in [7, 11) is -3.58. The number of nitrogens with two attached hydrogens (primary N) is 2. The van der Waals surface area contributed by atoms with Crippen LogP contribution in [0.5, 0.6) is 0 Å². The zero-order valence-corrected chi connectivity index (χ0v) is 14.7. The number of aryl methyl sites for hydroxylation is 1. The van der Waals surface area contributed by atoms with Gasteiger partial charge in [0.2, 0.25) is 0 Å². The molecule has 1 atom stereocenters. The highest BCUT2D eigenvalue weighted by Crippen LogP contribution is 2.33. The quantitative estimate of drug-likeness (QED) is 0.562. The molecule has 6 nitrogen and oxygen atoms in total. The molecule has 0 spiro atoms. The second-order valence-corrected chi connectivity index (χ2v) is 7.87. The minimum atomic E-state index is -3.58. The summed E-state index contributed by atoms with van der Waals surface area (Å²) in [5.41, 5.74) is 13.8. The highest BCUT2D eigenvalue weighted by atomic mass is 32.2. The van der Waals surface area contributed by atoms with Crippen molar-refractivity contribution in [1.82, 2.24) is 0 Å². The lowest BCUT2D eigenvalue weighted by molar-refractivity contribution is 0.561. The summed E-state index contributed by atoms with van der Waals surface area (Å²) in [4.78, 5) is 4.38. The Bertz CT molecular complexity index is 875. The zero-order valence-electron chi connectivity index (χ0n) is 13.9. The first kappa shape index (κ1) is 17.3. The van der Waals surface area contributed by atoms with Gasteiger partial charge in [0, 0.05) is 18.2 Å². The van der Waals surface area contributed by atoms with Crippen molar-refractivity contribution in [1.29, 1.82) is 0 Å². The molecule has 0 fully saturated rings. The number of hydrogen-bond donors (Lipinski definition) is 3. The molecule has 3 rings (SSSR count). The predicted molar refractivity (Wildman–Crippen MR) is 100 cm³/mol. The fraction of sp³-hybridized carbons (Fsp3) is 0.278. The van der Waals surface area contributed by atoms with Gasteiger partial charge < -0.3 is 11.5 Å². The Balaban J connectivity index is 1.83. The number of sulfonamides is 1. The van der Waals surface area contributed by atoms with E-state index >= 15 is 0 Å². The van der Waals surface area contributed by atoms with Crippen molar-refractivity contribution in [2.75, 3.05) is 11.3 Å². The van der Waals surface area contributed by atoms with Crippen molar-refractivity contribution in [2.45, 2.75) is 30.1 Å². The monoisotopic (exact) mass is 358 g/mol. The Morgan fingerprint density at radius 2 is 1.92 bits per heavy atom. The van der Waals surface area contributed by atoms with Crippen molar-refractivity contribution in [3.63, 3.8) is 0 Å². The van der Waals surface area contributed by atoms with Crippen LogP contribution >= 0.6 is 0 Å². The first-order chi connectivity index (χ1) is 12.0. The minimum Gasteiger partial charge on any atom is -0.370 e. The third kappa shape index (κ3) is 4.11. The predicted octanol–water partition coefficient (Wildman–Crippen LogP) is 2.18. The smallest absolute Gasteiger partial charge is 0.261 e. The number of guanidine groups is 1. The number of hydrogen-bond acceptors (Lipinski definition) is 3. The fourth-order valence-corrected chi connectivity index (χ4v) is 4.27. The molecular weight excluding hydrogens is 336 g/mol. The number of nitrogens with zero attached hydrogens (tertiary/aromatic N) is 1. The van der Waals surface area contributed by atoms with E-state index in [1.165, 1.54) is 5.56 Å². The molecule has 0 saturated carbocycles. The third-order valence-corrected chi connectivity index (χ3v) is 5.78. The van der Waals surface area contributed by atoms with Crippen LogP contribution in [0.1, 0.15) is 29.9 Å². The molecule has 0 radical (unpaired) electrons. The number of aliphatic imine (C=N–C) groups is 1. The lowest BCUT2D eigenvalue weighted by atomic mass is 9.82. The highest BCUT2D eigenvalue weighted by molar-refractivity contribution is 7.92. The van der Waals surface area contributed by atoms with Crippen molar-refractivity contribution in [3.8, 4) is 0 Å². The van der Waals surface area contributed by atoms with Gasteiger partial charge >= 0.3 is 0 Å². The third-order valence-electron chi connectivity index (χ3n) is 4.38. The number of anilines is 1. The molecule has 0 saturated heterocycles. The van der Waals surface area contributed by atoms with Crippen LogP contribution in [0.25, 0.3) is 0 Å². The van der Waals surface area contributed by atoms with Gasteiger partial charge in [-0.1, -0.05) is 24.3 Å². The molecule has 2 aromatic carbocycles. The molecule has 25 heavy (non-hydrogen) atoms. The lowest BCUT2D eigenvalue weighted by Gasteiger charge is -2.25. The van der Waals surface area contributed by atoms with E-state index in [-0.39, 0.29) is 16.8 Å². The first-order valence-electron chi connectivity index (χ1n) is 8.22. The first-order valence-corrected chi connectivity index (χ1v) is 9.70. The maximum absolute atomic E-state index is 12.5. The van der Waals surface area contributed by atoms with Crippen LogP contribution in [0.4, 0.5) is 5.69 Å². The Kier molecular flexibility index (Phi) is 4.94. The van der Waals surface area contributed by atoms with E-state index in [1.54, 1.807) is 36.4 Å². The fourth-order valence-electron chi connectivity index (χ4n) is 3.20. The largest absolute Gasteiger partial charge is 0.370 e. The normalized spacial score (nSPS) is 16.7. The van der Waals surface area contributed by atoms with Crippen molar-refractivity contribution in [3.05, 3.63) is 59.7 Å². The second-order valence-electron chi connectivity index (χ2n) is 6.19. The molecule has 0 amide bonds. The molecule has 1 unspecified atom stereocenters. The number of fused-ring (bicyclic) bond motifs is 1.